The zero-order valence-electron chi connectivity index (χ0n) is 18.6. The second-order valence-corrected chi connectivity index (χ2v) is 8.69. The molecule has 2 aromatic carbocycles. The largest absolute Gasteiger partial charge is 0.482 e. The Kier molecular flexibility index (Phi) is 5.60. The van der Waals surface area contributed by atoms with E-state index in [0.717, 1.165) is 17.7 Å². The Morgan fingerprint density at radius 2 is 1.97 bits per heavy atom. The van der Waals surface area contributed by atoms with Crippen LogP contribution in [-0.4, -0.2) is 49.5 Å². The van der Waals surface area contributed by atoms with Gasteiger partial charge in [-0.2, -0.15) is 0 Å². The second-order valence-electron chi connectivity index (χ2n) is 8.69. The highest BCUT2D eigenvalue weighted by molar-refractivity contribution is 6.32. The summed E-state index contributed by atoms with van der Waals surface area (Å²) in [6, 6.07) is 11.5. The zero-order chi connectivity index (χ0) is 23.0. The number of hydrogen-bond donors (Lipinski definition) is 2. The van der Waals surface area contributed by atoms with Crippen LogP contribution in [0.1, 0.15) is 35.3 Å². The minimum atomic E-state index is -0.717. The lowest BCUT2D eigenvalue weighted by Gasteiger charge is -2.23. The summed E-state index contributed by atoms with van der Waals surface area (Å²) >= 11 is 0. The third-order valence-electron chi connectivity index (χ3n) is 5.54. The molecule has 2 heterocycles. The molecular weight excluding hydrogens is 409 g/mol. The number of carbonyl (C=O) groups is 2. The van der Waals surface area contributed by atoms with Crippen molar-refractivity contribution in [1.29, 1.82) is 0 Å². The van der Waals surface area contributed by atoms with Crippen molar-refractivity contribution >= 4 is 28.6 Å². The number of likely N-dealkylation sites (N-methyl/N-ethyl adjacent to an activating group) is 1. The third kappa shape index (κ3) is 4.16. The quantitative estimate of drug-likeness (QED) is 0.703. The van der Waals surface area contributed by atoms with Gasteiger partial charge in [0.05, 0.1) is 11.3 Å². The summed E-state index contributed by atoms with van der Waals surface area (Å²) in [5.74, 6) is -0.466. The number of carbonyl (C=O) groups excluding carboxylic acids is 2. The number of anilines is 1. The maximum atomic E-state index is 13.6. The van der Waals surface area contributed by atoms with Gasteiger partial charge in [-0.05, 0) is 69.9 Å². The molecule has 2 amide bonds. The van der Waals surface area contributed by atoms with Gasteiger partial charge in [0.25, 0.3) is 11.8 Å². The molecule has 0 fully saturated rings. The molecular formula is C25H26FN3O3. The van der Waals surface area contributed by atoms with Crippen LogP contribution in [0.5, 0.6) is 0 Å². The van der Waals surface area contributed by atoms with Crippen LogP contribution in [0.15, 0.2) is 54.3 Å². The maximum absolute atomic E-state index is 13.6. The molecule has 6 nitrogen and oxygen atoms in total. The van der Waals surface area contributed by atoms with E-state index in [1.807, 2.05) is 57.1 Å². The van der Waals surface area contributed by atoms with Gasteiger partial charge in [-0.3, -0.25) is 9.59 Å². The van der Waals surface area contributed by atoms with E-state index >= 15 is 0 Å². The highest BCUT2D eigenvalue weighted by Gasteiger charge is 2.38. The molecule has 2 aliphatic heterocycles. The highest BCUT2D eigenvalue weighted by atomic mass is 19.1. The number of halogens is 1. The van der Waals surface area contributed by atoms with Gasteiger partial charge in [0.2, 0.25) is 0 Å². The molecule has 4 rings (SSSR count). The van der Waals surface area contributed by atoms with Crippen LogP contribution >= 0.6 is 0 Å². The first-order valence-corrected chi connectivity index (χ1v) is 10.5. The van der Waals surface area contributed by atoms with E-state index in [-0.39, 0.29) is 11.8 Å². The molecule has 0 aromatic heterocycles. The van der Waals surface area contributed by atoms with Crippen LogP contribution in [0.4, 0.5) is 10.1 Å². The Balaban J connectivity index is 1.68. The van der Waals surface area contributed by atoms with Crippen molar-refractivity contribution in [3.8, 4) is 0 Å². The highest BCUT2D eigenvalue weighted by Crippen LogP contribution is 2.44. The average Bonchev–Trinajstić information content (AvgIpc) is 3.21. The fourth-order valence-electron chi connectivity index (χ4n) is 3.93. The van der Waals surface area contributed by atoms with Gasteiger partial charge in [-0.15, -0.1) is 0 Å². The van der Waals surface area contributed by atoms with E-state index < -0.39 is 11.4 Å². The van der Waals surface area contributed by atoms with E-state index in [1.54, 1.807) is 12.1 Å². The molecule has 32 heavy (non-hydrogen) atoms. The molecule has 0 aliphatic carbocycles. The number of ether oxygens (including phenoxy) is 1. The molecule has 0 bridgehead atoms. The Labute approximate surface area is 186 Å². The van der Waals surface area contributed by atoms with Crippen LogP contribution in [0, 0.1) is 5.82 Å². The van der Waals surface area contributed by atoms with Crippen LogP contribution < -0.4 is 10.6 Å². The van der Waals surface area contributed by atoms with Crippen molar-refractivity contribution in [2.75, 3.05) is 32.5 Å². The SMILES string of the molecule is CN(C)CCNC(=O)c1cccc(C2=C/C(=C3\C(=O)Nc4cc(F)ccc43)OC2(C)C)c1. The van der Waals surface area contributed by atoms with Crippen LogP contribution in [-0.2, 0) is 9.53 Å². The van der Waals surface area contributed by atoms with Gasteiger partial charge in [-0.1, -0.05) is 12.1 Å². The minimum absolute atomic E-state index is 0.143. The number of benzene rings is 2. The van der Waals surface area contributed by atoms with Crippen LogP contribution in [0.3, 0.4) is 0 Å². The number of nitrogens with one attached hydrogen (secondary N) is 2. The lowest BCUT2D eigenvalue weighted by Crippen LogP contribution is -2.31. The van der Waals surface area contributed by atoms with E-state index in [2.05, 4.69) is 10.6 Å². The first kappa shape index (κ1) is 21.8. The first-order valence-electron chi connectivity index (χ1n) is 10.5. The van der Waals surface area contributed by atoms with Crippen molar-refractivity contribution < 1.29 is 18.7 Å². The normalized spacial score (nSPS) is 18.8. The van der Waals surface area contributed by atoms with Gasteiger partial charge in [-0.25, -0.2) is 4.39 Å². The van der Waals surface area contributed by atoms with Gasteiger partial charge >= 0.3 is 0 Å². The summed E-state index contributed by atoms with van der Waals surface area (Å²) in [6.45, 7) is 5.13. The zero-order valence-corrected chi connectivity index (χ0v) is 18.6. The molecule has 0 spiro atoms. The van der Waals surface area contributed by atoms with E-state index in [1.165, 1.54) is 12.1 Å². The summed E-state index contributed by atoms with van der Waals surface area (Å²) in [5.41, 5.74) is 2.94. The predicted octanol–water partition coefficient (Wildman–Crippen LogP) is 3.67. The lowest BCUT2D eigenvalue weighted by molar-refractivity contribution is -0.111. The molecule has 2 N–H and O–H groups in total. The number of hydrogen-bond acceptors (Lipinski definition) is 4. The summed E-state index contributed by atoms with van der Waals surface area (Å²) < 4.78 is 19.7. The minimum Gasteiger partial charge on any atom is -0.482 e. The number of nitrogens with zero attached hydrogens (tertiary/aromatic N) is 1. The molecule has 0 radical (unpaired) electrons. The molecule has 2 aliphatic rings. The maximum Gasteiger partial charge on any atom is 0.260 e. The van der Waals surface area contributed by atoms with Crippen molar-refractivity contribution in [2.45, 2.75) is 19.4 Å². The number of amides is 2. The number of allylic oxidation sites excluding steroid dienone is 1. The smallest absolute Gasteiger partial charge is 0.260 e. The standard InChI is InChI=1S/C25H26FN3O3/c1-25(2)19(15-6-5-7-16(12-15)23(30)27-10-11-29(3)4)14-21(32-25)22-18-9-8-17(26)13-20(18)28-24(22)31/h5-9,12-14H,10-11H2,1-4H3,(H,27,30)(H,28,31)/b22-21+. The Bertz CT molecular complexity index is 1160. The van der Waals surface area contributed by atoms with Crippen molar-refractivity contribution in [3.63, 3.8) is 0 Å². The van der Waals surface area contributed by atoms with Gasteiger partial charge in [0.1, 0.15) is 17.2 Å². The number of rotatable bonds is 5. The summed E-state index contributed by atoms with van der Waals surface area (Å²) in [7, 11) is 3.90. The van der Waals surface area contributed by atoms with Crippen molar-refractivity contribution in [3.05, 3.63) is 76.8 Å². The van der Waals surface area contributed by atoms with E-state index in [4.69, 9.17) is 4.74 Å². The van der Waals surface area contributed by atoms with Crippen molar-refractivity contribution in [1.82, 2.24) is 10.2 Å². The van der Waals surface area contributed by atoms with E-state index in [0.29, 0.717) is 34.7 Å². The molecule has 2 aromatic rings. The monoisotopic (exact) mass is 435 g/mol. The summed E-state index contributed by atoms with van der Waals surface area (Å²) in [5, 5.41) is 5.62. The Hall–Kier alpha value is -3.45. The molecule has 166 valence electrons. The number of fused-ring (bicyclic) bond motifs is 1. The van der Waals surface area contributed by atoms with Gasteiger partial charge < -0.3 is 20.3 Å². The third-order valence-corrected chi connectivity index (χ3v) is 5.54. The van der Waals surface area contributed by atoms with Crippen LogP contribution in [0.2, 0.25) is 0 Å². The van der Waals surface area contributed by atoms with Crippen molar-refractivity contribution in [2.24, 2.45) is 0 Å². The summed E-state index contributed by atoms with van der Waals surface area (Å²) in [4.78, 5) is 27.2. The van der Waals surface area contributed by atoms with Crippen LogP contribution in [0.25, 0.3) is 11.1 Å². The average molecular weight is 435 g/mol. The fourth-order valence-corrected chi connectivity index (χ4v) is 3.93. The molecule has 7 heteroatoms. The Morgan fingerprint density at radius 1 is 1.19 bits per heavy atom. The molecule has 0 atom stereocenters. The fraction of sp³-hybridized carbons (Fsp3) is 0.280. The van der Waals surface area contributed by atoms with E-state index in [9.17, 15) is 14.0 Å². The molecule has 0 saturated heterocycles. The Morgan fingerprint density at radius 3 is 2.72 bits per heavy atom. The molecule has 0 saturated carbocycles. The summed E-state index contributed by atoms with van der Waals surface area (Å²) in [6.07, 6.45) is 1.83. The topological polar surface area (TPSA) is 70.7 Å². The molecule has 0 unspecified atom stereocenters. The van der Waals surface area contributed by atoms with Gasteiger partial charge in [0.15, 0.2) is 0 Å². The van der Waals surface area contributed by atoms with Gasteiger partial charge in [0, 0.05) is 29.8 Å². The first-order chi connectivity index (χ1) is 15.2. The lowest BCUT2D eigenvalue weighted by atomic mass is 9.91. The second kappa shape index (κ2) is 8.24. The predicted molar refractivity (Wildman–Crippen MR) is 122 cm³/mol.